The summed E-state index contributed by atoms with van der Waals surface area (Å²) in [7, 11) is 1.81. The van der Waals surface area contributed by atoms with Crippen LogP contribution in [0, 0.1) is 6.92 Å². The fourth-order valence-corrected chi connectivity index (χ4v) is 4.50. The molecule has 11 heteroatoms. The summed E-state index contributed by atoms with van der Waals surface area (Å²) in [4.78, 5) is 30.0. The Morgan fingerprint density at radius 1 is 1.33 bits per heavy atom. The van der Waals surface area contributed by atoms with E-state index in [0.29, 0.717) is 47.7 Å². The van der Waals surface area contributed by atoms with Crippen molar-refractivity contribution >= 4 is 40.3 Å². The number of nitrogens with zero attached hydrogens (tertiary/aromatic N) is 4. The number of hydrogen-bond acceptors (Lipinski definition) is 6. The first-order chi connectivity index (χ1) is 15.5. The van der Waals surface area contributed by atoms with Crippen LogP contribution in [0.25, 0.3) is 10.9 Å². The van der Waals surface area contributed by atoms with Crippen molar-refractivity contribution in [1.29, 1.82) is 0 Å². The van der Waals surface area contributed by atoms with Crippen molar-refractivity contribution < 1.29 is 14.3 Å². The molecule has 4 N–H and O–H groups in total. The average Bonchev–Trinajstić information content (AvgIpc) is 3.20. The highest BCUT2D eigenvalue weighted by Crippen LogP contribution is 2.34. The molecule has 0 radical (unpaired) electrons. The predicted octanol–water partition coefficient (Wildman–Crippen LogP) is 3.09. The molecule has 1 fully saturated rings. The van der Waals surface area contributed by atoms with Crippen LogP contribution in [0.15, 0.2) is 12.1 Å². The van der Waals surface area contributed by atoms with E-state index in [9.17, 15) is 9.59 Å². The Morgan fingerprint density at radius 3 is 2.67 bits per heavy atom. The molecule has 0 unspecified atom stereocenters. The van der Waals surface area contributed by atoms with E-state index < -0.39 is 6.09 Å². The standard InChI is InChI=1S/C22H28ClN7O3/c1-11-18(20(31)30-9-12(10-30)33-21(24)32)29(5)17(26-11)8-25-19-13-6-14(22(2,3)4)15(23)7-16(13)27-28-19/h6-7,12H,8-10H2,1-5H3,(H2,24,32)(H2,25,27,28). The molecule has 0 spiro atoms. The van der Waals surface area contributed by atoms with Crippen LogP contribution >= 0.6 is 11.6 Å². The summed E-state index contributed by atoms with van der Waals surface area (Å²) >= 11 is 6.47. The molecule has 3 aromatic rings. The summed E-state index contributed by atoms with van der Waals surface area (Å²) in [6.45, 7) is 9.16. The van der Waals surface area contributed by atoms with Gasteiger partial charge in [0.1, 0.15) is 17.6 Å². The lowest BCUT2D eigenvalue weighted by Gasteiger charge is -2.37. The number of rotatable bonds is 5. The minimum absolute atomic E-state index is 0.107. The van der Waals surface area contributed by atoms with Crippen LogP contribution in [-0.4, -0.2) is 55.8 Å². The Labute approximate surface area is 196 Å². The Hall–Kier alpha value is -3.27. The summed E-state index contributed by atoms with van der Waals surface area (Å²) in [5.41, 5.74) is 7.93. The lowest BCUT2D eigenvalue weighted by atomic mass is 9.86. The Kier molecular flexibility index (Phi) is 5.73. The van der Waals surface area contributed by atoms with Gasteiger partial charge in [-0.3, -0.25) is 9.89 Å². The van der Waals surface area contributed by atoms with E-state index in [0.717, 1.165) is 16.5 Å². The third-order valence-corrected chi connectivity index (χ3v) is 6.17. The number of imidazole rings is 1. The van der Waals surface area contributed by atoms with Gasteiger partial charge >= 0.3 is 6.09 Å². The number of aromatic nitrogens is 4. The first-order valence-electron chi connectivity index (χ1n) is 10.6. The largest absolute Gasteiger partial charge is 0.443 e. The number of carbonyl (C=O) groups excluding carboxylic acids is 2. The van der Waals surface area contributed by atoms with Crippen LogP contribution in [0.2, 0.25) is 5.02 Å². The third kappa shape index (κ3) is 4.35. The third-order valence-electron chi connectivity index (χ3n) is 5.86. The molecule has 0 saturated carbocycles. The zero-order valence-electron chi connectivity index (χ0n) is 19.3. The molecular weight excluding hydrogens is 446 g/mol. The quantitative estimate of drug-likeness (QED) is 0.521. The zero-order valence-corrected chi connectivity index (χ0v) is 20.1. The monoisotopic (exact) mass is 473 g/mol. The molecule has 10 nitrogen and oxygen atoms in total. The van der Waals surface area contributed by atoms with E-state index in [1.165, 1.54) is 0 Å². The van der Waals surface area contributed by atoms with Gasteiger partial charge < -0.3 is 25.3 Å². The number of hydrogen-bond donors (Lipinski definition) is 3. The number of aryl methyl sites for hydroxylation is 1. The number of likely N-dealkylation sites (tertiary alicyclic amines) is 1. The SMILES string of the molecule is Cc1nc(CNc2n[nH]c3cc(Cl)c(C(C)(C)C)cc23)n(C)c1C(=O)N1CC(OC(N)=O)C1. The minimum Gasteiger partial charge on any atom is -0.443 e. The van der Waals surface area contributed by atoms with Gasteiger partial charge in [-0.05, 0) is 30.0 Å². The van der Waals surface area contributed by atoms with Crippen molar-refractivity contribution in [2.75, 3.05) is 18.4 Å². The number of nitrogens with two attached hydrogens (primary N) is 1. The predicted molar refractivity (Wildman–Crippen MR) is 125 cm³/mol. The normalized spacial score (nSPS) is 14.4. The fourth-order valence-electron chi connectivity index (χ4n) is 4.05. The topological polar surface area (TPSA) is 131 Å². The molecule has 176 valence electrons. The highest BCUT2D eigenvalue weighted by molar-refractivity contribution is 6.32. The van der Waals surface area contributed by atoms with Gasteiger partial charge in [0.15, 0.2) is 5.82 Å². The number of ether oxygens (including phenoxy) is 1. The molecule has 33 heavy (non-hydrogen) atoms. The van der Waals surface area contributed by atoms with Gasteiger partial charge in [-0.25, -0.2) is 9.78 Å². The van der Waals surface area contributed by atoms with Crippen LogP contribution < -0.4 is 11.1 Å². The molecule has 2 aromatic heterocycles. The lowest BCUT2D eigenvalue weighted by Crippen LogP contribution is -2.56. The van der Waals surface area contributed by atoms with Crippen LogP contribution in [0.4, 0.5) is 10.6 Å². The van der Waals surface area contributed by atoms with E-state index in [4.69, 9.17) is 22.1 Å². The minimum atomic E-state index is -0.833. The number of H-pyrrole nitrogens is 1. The molecule has 0 bridgehead atoms. The zero-order chi connectivity index (χ0) is 24.1. The second-order valence-corrected chi connectivity index (χ2v) is 9.75. The van der Waals surface area contributed by atoms with Gasteiger partial charge in [0, 0.05) is 17.5 Å². The second kappa shape index (κ2) is 8.26. The molecule has 0 atom stereocenters. The maximum absolute atomic E-state index is 12.9. The number of benzene rings is 1. The molecule has 2 amide bonds. The number of fused-ring (bicyclic) bond motifs is 1. The highest BCUT2D eigenvalue weighted by atomic mass is 35.5. The van der Waals surface area contributed by atoms with Crippen molar-refractivity contribution in [3.63, 3.8) is 0 Å². The summed E-state index contributed by atoms with van der Waals surface area (Å²) in [6, 6.07) is 3.94. The number of carbonyl (C=O) groups is 2. The maximum Gasteiger partial charge on any atom is 0.404 e. The van der Waals surface area contributed by atoms with Crippen LogP contribution in [-0.2, 0) is 23.7 Å². The Morgan fingerprint density at radius 2 is 2.03 bits per heavy atom. The van der Waals surface area contributed by atoms with Crippen molar-refractivity contribution in [3.05, 3.63) is 39.9 Å². The maximum atomic E-state index is 12.9. The summed E-state index contributed by atoms with van der Waals surface area (Å²) < 4.78 is 6.69. The number of nitrogens with one attached hydrogen (secondary N) is 2. The van der Waals surface area contributed by atoms with Crippen LogP contribution in [0.1, 0.15) is 48.3 Å². The lowest BCUT2D eigenvalue weighted by molar-refractivity contribution is -0.00411. The van der Waals surface area contributed by atoms with E-state index >= 15 is 0 Å². The number of primary amides is 1. The van der Waals surface area contributed by atoms with E-state index in [1.54, 1.807) is 16.4 Å². The van der Waals surface area contributed by atoms with Gasteiger partial charge in [-0.1, -0.05) is 32.4 Å². The Bertz CT molecular complexity index is 1240. The smallest absolute Gasteiger partial charge is 0.404 e. The molecule has 4 rings (SSSR count). The summed E-state index contributed by atoms with van der Waals surface area (Å²) in [5, 5.41) is 12.4. The molecule has 1 aliphatic rings. The summed E-state index contributed by atoms with van der Waals surface area (Å²) in [6.07, 6.45) is -1.19. The number of amides is 2. The van der Waals surface area contributed by atoms with Gasteiger partial charge in [0.05, 0.1) is 30.8 Å². The van der Waals surface area contributed by atoms with Crippen LogP contribution in [0.5, 0.6) is 0 Å². The van der Waals surface area contributed by atoms with Crippen molar-refractivity contribution in [1.82, 2.24) is 24.6 Å². The van der Waals surface area contributed by atoms with Crippen LogP contribution in [0.3, 0.4) is 0 Å². The second-order valence-electron chi connectivity index (χ2n) is 9.34. The highest BCUT2D eigenvalue weighted by Gasteiger charge is 2.35. The first kappa shape index (κ1) is 22.9. The average molecular weight is 474 g/mol. The van der Waals surface area contributed by atoms with Gasteiger partial charge in [-0.2, -0.15) is 5.10 Å². The van der Waals surface area contributed by atoms with E-state index in [1.807, 2.05) is 13.1 Å². The number of anilines is 1. The van der Waals surface area contributed by atoms with E-state index in [2.05, 4.69) is 47.3 Å². The molecule has 1 aromatic carbocycles. The number of halogens is 1. The molecule has 3 heterocycles. The first-order valence-corrected chi connectivity index (χ1v) is 11.0. The molecular formula is C22H28ClN7O3. The Balaban J connectivity index is 1.50. The fraction of sp³-hybridized carbons (Fsp3) is 0.455. The number of aromatic amines is 1. The van der Waals surface area contributed by atoms with Gasteiger partial charge in [0.2, 0.25) is 0 Å². The molecule has 1 saturated heterocycles. The molecule has 0 aliphatic carbocycles. The van der Waals surface area contributed by atoms with Crippen molar-refractivity contribution in [2.24, 2.45) is 12.8 Å². The summed E-state index contributed by atoms with van der Waals surface area (Å²) in [5.74, 6) is 1.23. The van der Waals surface area contributed by atoms with Crippen molar-refractivity contribution in [2.45, 2.75) is 45.8 Å². The van der Waals surface area contributed by atoms with E-state index in [-0.39, 0.29) is 17.4 Å². The van der Waals surface area contributed by atoms with Crippen molar-refractivity contribution in [3.8, 4) is 0 Å². The van der Waals surface area contributed by atoms with Gasteiger partial charge in [-0.15, -0.1) is 0 Å². The van der Waals surface area contributed by atoms with Gasteiger partial charge in [0.25, 0.3) is 5.91 Å². The molecule has 1 aliphatic heterocycles.